The lowest BCUT2D eigenvalue weighted by Crippen LogP contribution is -2.46. The van der Waals surface area contributed by atoms with Crippen LogP contribution in [0.15, 0.2) is 23.3 Å². The van der Waals surface area contributed by atoms with Gasteiger partial charge in [-0.15, -0.1) is 0 Å². The van der Waals surface area contributed by atoms with Crippen LogP contribution < -0.4 is 0 Å². The van der Waals surface area contributed by atoms with Gasteiger partial charge in [-0.05, 0) is 61.9 Å². The summed E-state index contributed by atoms with van der Waals surface area (Å²) in [4.78, 5) is 23.2. The van der Waals surface area contributed by atoms with Crippen molar-refractivity contribution >= 4 is 11.9 Å². The fourth-order valence-electron chi connectivity index (χ4n) is 4.95. The van der Waals surface area contributed by atoms with Gasteiger partial charge in [0.05, 0.1) is 5.41 Å². The Kier molecular flexibility index (Phi) is 4.35. The summed E-state index contributed by atoms with van der Waals surface area (Å²) in [5.74, 6) is -0.0767. The number of carboxylic acids is 1. The van der Waals surface area contributed by atoms with Crippen molar-refractivity contribution in [3.05, 3.63) is 23.3 Å². The first kappa shape index (κ1) is 17.2. The molecule has 24 heavy (non-hydrogen) atoms. The molecule has 0 aromatic rings. The minimum atomic E-state index is -0.712. The summed E-state index contributed by atoms with van der Waals surface area (Å²) in [5, 5.41) is 9.80. The zero-order valence-corrected chi connectivity index (χ0v) is 14.9. The number of rotatable bonds is 4. The van der Waals surface area contributed by atoms with Gasteiger partial charge in [-0.25, -0.2) is 4.79 Å². The molecule has 4 unspecified atom stereocenters. The van der Waals surface area contributed by atoms with E-state index in [-0.39, 0.29) is 11.4 Å². The summed E-state index contributed by atoms with van der Waals surface area (Å²) in [6, 6.07) is 0. The number of hydrogen-bond donors (Lipinski definition) is 1. The summed E-state index contributed by atoms with van der Waals surface area (Å²) < 4.78 is 5.02. The van der Waals surface area contributed by atoms with Gasteiger partial charge in [0.15, 0.2) is 0 Å². The molecule has 1 saturated carbocycles. The van der Waals surface area contributed by atoms with Crippen LogP contribution in [0.25, 0.3) is 0 Å². The molecule has 1 fully saturated rings. The Bertz CT molecular complexity index is 617. The number of aliphatic carboxylic acids is 1. The fourth-order valence-corrected chi connectivity index (χ4v) is 4.95. The second-order valence-corrected chi connectivity index (χ2v) is 8.29. The Hall–Kier alpha value is -1.58. The molecular weight excluding hydrogens is 304 g/mol. The molecular formula is C20H28O4. The van der Waals surface area contributed by atoms with Crippen molar-refractivity contribution in [1.29, 1.82) is 0 Å². The van der Waals surface area contributed by atoms with Gasteiger partial charge in [0.25, 0.3) is 0 Å². The number of cyclic esters (lactones) is 1. The SMILES string of the molecule is CC1CC=C2C(CCCC2(C)C(=O)O)C1(C)CCC1=CC(=O)OC1. The molecule has 2 aliphatic carbocycles. The molecule has 3 aliphatic rings. The molecule has 0 amide bonds. The Morgan fingerprint density at radius 2 is 2.17 bits per heavy atom. The van der Waals surface area contributed by atoms with Crippen LogP contribution in [-0.4, -0.2) is 23.7 Å². The van der Waals surface area contributed by atoms with Crippen molar-refractivity contribution in [3.63, 3.8) is 0 Å². The lowest BCUT2D eigenvalue weighted by molar-refractivity contribution is -0.148. The highest BCUT2D eigenvalue weighted by molar-refractivity contribution is 5.85. The van der Waals surface area contributed by atoms with Crippen molar-refractivity contribution < 1.29 is 19.4 Å². The van der Waals surface area contributed by atoms with Gasteiger partial charge >= 0.3 is 11.9 Å². The first-order valence-corrected chi connectivity index (χ1v) is 9.07. The highest BCUT2D eigenvalue weighted by Gasteiger charge is 2.52. The number of carbonyl (C=O) groups is 2. The Morgan fingerprint density at radius 3 is 2.79 bits per heavy atom. The number of ether oxygens (including phenoxy) is 1. The molecule has 1 aliphatic heterocycles. The second-order valence-electron chi connectivity index (χ2n) is 8.29. The van der Waals surface area contributed by atoms with Crippen LogP contribution in [0, 0.1) is 22.7 Å². The minimum Gasteiger partial charge on any atom is -0.481 e. The summed E-state index contributed by atoms with van der Waals surface area (Å²) in [5.41, 5.74) is 1.58. The van der Waals surface area contributed by atoms with Gasteiger partial charge in [-0.3, -0.25) is 4.79 Å². The highest BCUT2D eigenvalue weighted by atomic mass is 16.5. The molecule has 1 N–H and O–H groups in total. The maximum atomic E-state index is 11.9. The van der Waals surface area contributed by atoms with Crippen LogP contribution in [0.4, 0.5) is 0 Å². The quantitative estimate of drug-likeness (QED) is 0.621. The van der Waals surface area contributed by atoms with Gasteiger partial charge in [0, 0.05) is 6.08 Å². The van der Waals surface area contributed by atoms with E-state index in [1.807, 2.05) is 6.92 Å². The summed E-state index contributed by atoms with van der Waals surface area (Å²) in [6.07, 6.45) is 9.40. The molecule has 1 heterocycles. The lowest BCUT2D eigenvalue weighted by Gasteiger charge is -2.52. The zero-order chi connectivity index (χ0) is 17.5. The normalized spacial score (nSPS) is 38.9. The standard InChI is InChI=1S/C20H28O4/c1-13-6-7-16-15(5-4-9-20(16,3)18(22)23)19(13,2)10-8-14-11-17(21)24-12-14/h7,11,13,15H,4-6,8-10,12H2,1-3H3,(H,22,23). The van der Waals surface area contributed by atoms with Gasteiger partial charge in [0.2, 0.25) is 0 Å². The van der Waals surface area contributed by atoms with E-state index in [0.717, 1.165) is 49.7 Å². The Labute approximate surface area is 144 Å². The van der Waals surface area contributed by atoms with E-state index in [1.54, 1.807) is 6.08 Å². The number of hydrogen-bond acceptors (Lipinski definition) is 3. The third kappa shape index (κ3) is 2.70. The van der Waals surface area contributed by atoms with E-state index in [1.165, 1.54) is 0 Å². The van der Waals surface area contributed by atoms with Crippen LogP contribution in [-0.2, 0) is 14.3 Å². The van der Waals surface area contributed by atoms with E-state index >= 15 is 0 Å². The Balaban J connectivity index is 1.85. The van der Waals surface area contributed by atoms with E-state index < -0.39 is 11.4 Å². The topological polar surface area (TPSA) is 63.6 Å². The molecule has 0 spiro atoms. The van der Waals surface area contributed by atoms with Crippen LogP contribution in [0.3, 0.4) is 0 Å². The monoisotopic (exact) mass is 332 g/mol. The number of esters is 1. The third-order valence-electron chi connectivity index (χ3n) is 6.97. The molecule has 4 nitrogen and oxygen atoms in total. The number of carbonyl (C=O) groups excluding carboxylic acids is 1. The van der Waals surface area contributed by atoms with Crippen molar-refractivity contribution in [1.82, 2.24) is 0 Å². The molecule has 0 radical (unpaired) electrons. The van der Waals surface area contributed by atoms with Gasteiger partial charge < -0.3 is 9.84 Å². The minimum absolute atomic E-state index is 0.0771. The average Bonchev–Trinajstić information content (AvgIpc) is 2.95. The first-order chi connectivity index (χ1) is 11.3. The summed E-state index contributed by atoms with van der Waals surface area (Å²) in [6.45, 7) is 6.92. The fraction of sp³-hybridized carbons (Fsp3) is 0.700. The van der Waals surface area contributed by atoms with Crippen LogP contribution in [0.2, 0.25) is 0 Å². The number of allylic oxidation sites excluding steroid dienone is 1. The Morgan fingerprint density at radius 1 is 1.42 bits per heavy atom. The van der Waals surface area contributed by atoms with E-state index in [0.29, 0.717) is 18.4 Å². The summed E-state index contributed by atoms with van der Waals surface area (Å²) >= 11 is 0. The van der Waals surface area contributed by atoms with Crippen molar-refractivity contribution in [2.24, 2.45) is 22.7 Å². The van der Waals surface area contributed by atoms with E-state index in [4.69, 9.17) is 4.74 Å². The lowest BCUT2D eigenvalue weighted by atomic mass is 9.51. The average molecular weight is 332 g/mol. The van der Waals surface area contributed by atoms with Crippen LogP contribution >= 0.6 is 0 Å². The first-order valence-electron chi connectivity index (χ1n) is 9.07. The van der Waals surface area contributed by atoms with Crippen LogP contribution in [0.1, 0.15) is 59.3 Å². The third-order valence-corrected chi connectivity index (χ3v) is 6.97. The molecule has 4 atom stereocenters. The molecule has 0 aromatic heterocycles. The van der Waals surface area contributed by atoms with Crippen molar-refractivity contribution in [2.45, 2.75) is 59.3 Å². The van der Waals surface area contributed by atoms with Crippen molar-refractivity contribution in [2.75, 3.05) is 6.61 Å². The smallest absolute Gasteiger partial charge is 0.331 e. The van der Waals surface area contributed by atoms with Gasteiger partial charge in [0.1, 0.15) is 6.61 Å². The van der Waals surface area contributed by atoms with Gasteiger partial charge in [-0.2, -0.15) is 0 Å². The van der Waals surface area contributed by atoms with E-state index in [9.17, 15) is 14.7 Å². The predicted molar refractivity (Wildman–Crippen MR) is 91.3 cm³/mol. The predicted octanol–water partition coefficient (Wildman–Crippen LogP) is 4.11. The molecule has 132 valence electrons. The van der Waals surface area contributed by atoms with E-state index in [2.05, 4.69) is 19.9 Å². The number of carboxylic acid groups (broad SMARTS) is 1. The molecule has 0 bridgehead atoms. The number of fused-ring (bicyclic) bond motifs is 1. The maximum Gasteiger partial charge on any atom is 0.331 e. The molecule has 4 heteroatoms. The van der Waals surface area contributed by atoms with Crippen molar-refractivity contribution in [3.8, 4) is 0 Å². The molecule has 0 aromatic carbocycles. The highest BCUT2D eigenvalue weighted by Crippen LogP contribution is 2.58. The largest absolute Gasteiger partial charge is 0.481 e. The molecule has 3 rings (SSSR count). The maximum absolute atomic E-state index is 11.9. The second kappa shape index (κ2) is 6.05. The van der Waals surface area contributed by atoms with Crippen LogP contribution in [0.5, 0.6) is 0 Å². The molecule has 0 saturated heterocycles. The summed E-state index contributed by atoms with van der Waals surface area (Å²) in [7, 11) is 0. The van der Waals surface area contributed by atoms with Gasteiger partial charge in [-0.1, -0.05) is 31.9 Å². The zero-order valence-electron chi connectivity index (χ0n) is 14.9.